The number of piperidine rings is 2. The number of amides is 1. The Bertz CT molecular complexity index is 510. The first-order chi connectivity index (χ1) is 10.7. The Hall–Kier alpha value is -1.69. The second-order valence-corrected chi connectivity index (χ2v) is 6.47. The van der Waals surface area contributed by atoms with Crippen molar-refractivity contribution >= 4 is 11.9 Å². The number of aliphatic hydroxyl groups excluding tert-OH is 1. The Labute approximate surface area is 131 Å². The van der Waals surface area contributed by atoms with Crippen LogP contribution in [0.15, 0.2) is 18.5 Å². The van der Waals surface area contributed by atoms with Crippen molar-refractivity contribution in [2.24, 2.45) is 5.41 Å². The molecule has 22 heavy (non-hydrogen) atoms. The molecule has 6 heteroatoms. The molecule has 1 aromatic rings. The van der Waals surface area contributed by atoms with Crippen molar-refractivity contribution in [3.63, 3.8) is 0 Å². The third kappa shape index (κ3) is 3.21. The summed E-state index contributed by atoms with van der Waals surface area (Å²) in [7, 11) is 0. The number of carbonyl (C=O) groups is 1. The van der Waals surface area contributed by atoms with E-state index >= 15 is 0 Å². The third-order valence-electron chi connectivity index (χ3n) is 4.83. The lowest BCUT2D eigenvalue weighted by atomic mass is 9.73. The molecule has 2 saturated heterocycles. The van der Waals surface area contributed by atoms with E-state index < -0.39 is 0 Å². The van der Waals surface area contributed by atoms with Gasteiger partial charge in [0.2, 0.25) is 11.9 Å². The number of anilines is 1. The van der Waals surface area contributed by atoms with Crippen LogP contribution in [0.1, 0.15) is 32.1 Å². The van der Waals surface area contributed by atoms with E-state index in [1.807, 2.05) is 11.0 Å². The maximum Gasteiger partial charge on any atom is 0.225 e. The molecule has 2 aliphatic rings. The van der Waals surface area contributed by atoms with Gasteiger partial charge in [-0.15, -0.1) is 0 Å². The van der Waals surface area contributed by atoms with E-state index in [4.69, 9.17) is 5.11 Å². The minimum absolute atomic E-state index is 0.140. The summed E-state index contributed by atoms with van der Waals surface area (Å²) in [6.07, 6.45) is 8.05. The molecule has 1 aromatic heterocycles. The Balaban J connectivity index is 1.71. The van der Waals surface area contributed by atoms with E-state index in [1.54, 1.807) is 12.4 Å². The van der Waals surface area contributed by atoms with E-state index in [0.29, 0.717) is 19.4 Å². The van der Waals surface area contributed by atoms with Crippen LogP contribution >= 0.6 is 0 Å². The first-order valence-corrected chi connectivity index (χ1v) is 8.13. The molecule has 0 aromatic carbocycles. The molecule has 1 spiro atoms. The van der Waals surface area contributed by atoms with E-state index in [9.17, 15) is 4.79 Å². The highest BCUT2D eigenvalue weighted by atomic mass is 16.3. The molecule has 0 radical (unpaired) electrons. The molecule has 3 rings (SSSR count). The van der Waals surface area contributed by atoms with Crippen LogP contribution in [0.3, 0.4) is 0 Å². The van der Waals surface area contributed by atoms with Gasteiger partial charge in [-0.2, -0.15) is 0 Å². The van der Waals surface area contributed by atoms with Crippen molar-refractivity contribution < 1.29 is 9.90 Å². The average Bonchev–Trinajstić information content (AvgIpc) is 2.57. The van der Waals surface area contributed by atoms with Crippen molar-refractivity contribution in [3.05, 3.63) is 18.5 Å². The zero-order valence-corrected chi connectivity index (χ0v) is 12.9. The average molecular weight is 304 g/mol. The predicted molar refractivity (Wildman–Crippen MR) is 83.4 cm³/mol. The van der Waals surface area contributed by atoms with Gasteiger partial charge in [0.15, 0.2) is 0 Å². The van der Waals surface area contributed by atoms with Crippen LogP contribution in [0.2, 0.25) is 0 Å². The molecule has 1 N–H and O–H groups in total. The normalized spacial score (nSPS) is 25.8. The Morgan fingerprint density at radius 2 is 2.05 bits per heavy atom. The Morgan fingerprint density at radius 1 is 1.23 bits per heavy atom. The van der Waals surface area contributed by atoms with Crippen molar-refractivity contribution in [1.29, 1.82) is 0 Å². The van der Waals surface area contributed by atoms with Crippen LogP contribution in [-0.4, -0.2) is 58.7 Å². The second-order valence-electron chi connectivity index (χ2n) is 6.47. The monoisotopic (exact) mass is 304 g/mol. The summed E-state index contributed by atoms with van der Waals surface area (Å²) in [6.45, 7) is 3.51. The van der Waals surface area contributed by atoms with Gasteiger partial charge >= 0.3 is 0 Å². The third-order valence-corrected chi connectivity index (χ3v) is 4.83. The van der Waals surface area contributed by atoms with Crippen LogP contribution in [0.5, 0.6) is 0 Å². The molecule has 2 aliphatic heterocycles. The summed E-state index contributed by atoms with van der Waals surface area (Å²) in [6, 6.07) is 1.83. The fraction of sp³-hybridized carbons (Fsp3) is 0.688. The molecular formula is C16H24N4O2. The lowest BCUT2D eigenvalue weighted by Gasteiger charge is -2.48. The van der Waals surface area contributed by atoms with Crippen LogP contribution in [0, 0.1) is 5.41 Å². The Kier molecular flexibility index (Phi) is 4.57. The zero-order valence-electron chi connectivity index (χ0n) is 12.9. The molecule has 1 atom stereocenters. The minimum atomic E-state index is 0.140. The van der Waals surface area contributed by atoms with Gasteiger partial charge in [0, 0.05) is 57.0 Å². The molecule has 2 fully saturated rings. The van der Waals surface area contributed by atoms with Crippen LogP contribution in [0.25, 0.3) is 0 Å². The summed E-state index contributed by atoms with van der Waals surface area (Å²) in [5, 5.41) is 9.01. The molecule has 3 heterocycles. The zero-order chi connectivity index (χ0) is 15.4. The maximum atomic E-state index is 12.1. The number of rotatable bonds is 4. The summed E-state index contributed by atoms with van der Waals surface area (Å²) in [5.41, 5.74) is 0.154. The van der Waals surface area contributed by atoms with E-state index in [1.165, 1.54) is 0 Å². The number of hydrogen-bond donors (Lipinski definition) is 1. The van der Waals surface area contributed by atoms with Crippen molar-refractivity contribution in [2.45, 2.75) is 32.1 Å². The quantitative estimate of drug-likeness (QED) is 0.901. The second kappa shape index (κ2) is 6.60. The fourth-order valence-corrected chi connectivity index (χ4v) is 3.73. The van der Waals surface area contributed by atoms with Gasteiger partial charge in [0.05, 0.1) is 0 Å². The van der Waals surface area contributed by atoms with Crippen LogP contribution in [-0.2, 0) is 4.79 Å². The molecule has 0 aliphatic carbocycles. The molecule has 1 amide bonds. The lowest BCUT2D eigenvalue weighted by molar-refractivity contribution is -0.138. The topological polar surface area (TPSA) is 69.6 Å². The highest BCUT2D eigenvalue weighted by molar-refractivity contribution is 5.77. The molecule has 0 bridgehead atoms. The van der Waals surface area contributed by atoms with Crippen molar-refractivity contribution in [2.75, 3.05) is 37.7 Å². The Morgan fingerprint density at radius 3 is 2.82 bits per heavy atom. The number of carbonyl (C=O) groups excluding carboxylic acids is 1. The number of hydrogen-bond acceptors (Lipinski definition) is 5. The van der Waals surface area contributed by atoms with Gasteiger partial charge < -0.3 is 14.9 Å². The summed E-state index contributed by atoms with van der Waals surface area (Å²) in [5.74, 6) is 1.02. The fourth-order valence-electron chi connectivity index (χ4n) is 3.73. The summed E-state index contributed by atoms with van der Waals surface area (Å²) in [4.78, 5) is 25.0. The number of aromatic nitrogens is 2. The highest BCUT2D eigenvalue weighted by Crippen LogP contribution is 2.39. The van der Waals surface area contributed by atoms with Gasteiger partial charge in [-0.25, -0.2) is 9.97 Å². The molecular weight excluding hydrogens is 280 g/mol. The summed E-state index contributed by atoms with van der Waals surface area (Å²) < 4.78 is 0. The van der Waals surface area contributed by atoms with Gasteiger partial charge in [0.1, 0.15) is 0 Å². The number of aliphatic hydroxyl groups is 1. The van der Waals surface area contributed by atoms with E-state index in [0.717, 1.165) is 44.8 Å². The number of likely N-dealkylation sites (tertiary alicyclic amines) is 1. The SMILES string of the molecule is O=C1CC[C@]2(CCCN(c3ncccn3)C2)CN1CCCO. The maximum absolute atomic E-state index is 12.1. The predicted octanol–water partition coefficient (Wildman–Crippen LogP) is 1.07. The van der Waals surface area contributed by atoms with Gasteiger partial charge in [-0.05, 0) is 31.7 Å². The van der Waals surface area contributed by atoms with Crippen molar-refractivity contribution in [3.8, 4) is 0 Å². The lowest BCUT2D eigenvalue weighted by Crippen LogP contribution is -2.54. The van der Waals surface area contributed by atoms with Crippen molar-refractivity contribution in [1.82, 2.24) is 14.9 Å². The first-order valence-electron chi connectivity index (χ1n) is 8.13. The smallest absolute Gasteiger partial charge is 0.225 e. The van der Waals surface area contributed by atoms with E-state index in [-0.39, 0.29) is 17.9 Å². The standard InChI is InChI=1S/C16H24N4O2/c21-11-3-10-19-12-16(6-4-14(19)22)5-1-9-20(13-16)15-17-7-2-8-18-15/h2,7-8,21H,1,3-6,9-13H2/t16-/m1/s1. The van der Waals surface area contributed by atoms with Crippen LogP contribution < -0.4 is 4.90 Å². The molecule has 120 valence electrons. The highest BCUT2D eigenvalue weighted by Gasteiger charge is 2.42. The van der Waals surface area contributed by atoms with Gasteiger partial charge in [-0.1, -0.05) is 0 Å². The molecule has 0 unspecified atom stereocenters. The summed E-state index contributed by atoms with van der Waals surface area (Å²) >= 11 is 0. The molecule has 0 saturated carbocycles. The largest absolute Gasteiger partial charge is 0.396 e. The van der Waals surface area contributed by atoms with Crippen LogP contribution in [0.4, 0.5) is 5.95 Å². The first kappa shape index (κ1) is 15.2. The van der Waals surface area contributed by atoms with E-state index in [2.05, 4.69) is 14.9 Å². The van der Waals surface area contributed by atoms with Gasteiger partial charge in [-0.3, -0.25) is 4.79 Å². The van der Waals surface area contributed by atoms with Gasteiger partial charge in [0.25, 0.3) is 0 Å². The minimum Gasteiger partial charge on any atom is -0.396 e. The number of nitrogens with zero attached hydrogens (tertiary/aromatic N) is 4. The molecule has 6 nitrogen and oxygen atoms in total.